The largest absolute Gasteiger partial charge is 0.364 e. The Labute approximate surface area is 232 Å². The summed E-state index contributed by atoms with van der Waals surface area (Å²) in [5.41, 5.74) is 4.31. The van der Waals surface area contributed by atoms with Gasteiger partial charge in [0.05, 0.1) is 22.6 Å². The Morgan fingerprint density at radius 2 is 1.70 bits per heavy atom. The minimum atomic E-state index is -2.84. The minimum Gasteiger partial charge on any atom is -0.364 e. The maximum Gasteiger partial charge on any atom is 0.256 e. The molecule has 0 aliphatic carbocycles. The average Bonchev–Trinajstić information content (AvgIpc) is 3.42. The molecule has 2 aromatic carbocycles. The second-order valence-corrected chi connectivity index (χ2v) is 12.0. The fraction of sp³-hybridized carbons (Fsp3) is 0.310. The quantitative estimate of drug-likeness (QED) is 0.401. The summed E-state index contributed by atoms with van der Waals surface area (Å²) in [5, 5.41) is 5.58. The molecule has 3 N–H and O–H groups in total. The third-order valence-corrected chi connectivity index (χ3v) is 8.61. The molecule has 3 heterocycles. The smallest absolute Gasteiger partial charge is 0.256 e. The second kappa shape index (κ2) is 12.1. The summed E-state index contributed by atoms with van der Waals surface area (Å²) in [6, 6.07) is 8.72. The molecule has 1 fully saturated rings. The number of anilines is 1. The molecule has 2 amide bonds. The molecule has 0 saturated carbocycles. The molecule has 0 atom stereocenters. The number of nitrogens with zero attached hydrogens (tertiary/aromatic N) is 1. The van der Waals surface area contributed by atoms with Gasteiger partial charge in [-0.3, -0.25) is 14.5 Å². The highest BCUT2D eigenvalue weighted by molar-refractivity contribution is 7.91. The summed E-state index contributed by atoms with van der Waals surface area (Å²) >= 11 is 0. The van der Waals surface area contributed by atoms with E-state index in [2.05, 4.69) is 20.5 Å². The molecular weight excluding hydrogens is 538 g/mol. The van der Waals surface area contributed by atoms with Gasteiger partial charge in [0.25, 0.3) is 11.8 Å². The molecule has 0 unspecified atom stereocenters. The fourth-order valence-corrected chi connectivity index (χ4v) is 6.16. The van der Waals surface area contributed by atoms with Crippen LogP contribution in [0.25, 0.3) is 16.7 Å². The number of benzene rings is 2. The van der Waals surface area contributed by atoms with Gasteiger partial charge in [0.2, 0.25) is 0 Å². The molecule has 2 aliphatic heterocycles. The van der Waals surface area contributed by atoms with E-state index >= 15 is 0 Å². The van der Waals surface area contributed by atoms with Gasteiger partial charge in [0.1, 0.15) is 11.6 Å². The predicted octanol–water partition coefficient (Wildman–Crippen LogP) is 4.08. The number of aromatic nitrogens is 1. The van der Waals surface area contributed by atoms with Crippen LogP contribution in [0.15, 0.2) is 48.7 Å². The number of hydrogen-bond donors (Lipinski definition) is 3. The fourth-order valence-electron chi connectivity index (χ4n) is 4.88. The Balaban J connectivity index is 0.000000185. The number of carbonyl (C=O) groups is 2. The van der Waals surface area contributed by atoms with E-state index in [1.54, 1.807) is 31.2 Å². The number of hydrogen-bond acceptors (Lipinski definition) is 5. The molecule has 1 aromatic heterocycles. The van der Waals surface area contributed by atoms with Crippen molar-refractivity contribution >= 4 is 32.9 Å². The van der Waals surface area contributed by atoms with Crippen LogP contribution in [-0.4, -0.2) is 67.8 Å². The highest BCUT2D eigenvalue weighted by atomic mass is 32.2. The zero-order valence-electron chi connectivity index (χ0n) is 22.6. The summed E-state index contributed by atoms with van der Waals surface area (Å²) in [6.07, 6.45) is 3.46. The Kier molecular flexibility index (Phi) is 8.85. The summed E-state index contributed by atoms with van der Waals surface area (Å²) in [6.45, 7) is 7.82. The number of H-pyrrole nitrogens is 1. The summed E-state index contributed by atoms with van der Waals surface area (Å²) in [4.78, 5) is 29.0. The van der Waals surface area contributed by atoms with Crippen LogP contribution in [0.3, 0.4) is 0 Å². The number of halogens is 2. The number of amides is 2. The zero-order valence-corrected chi connectivity index (χ0v) is 23.4. The highest BCUT2D eigenvalue weighted by Crippen LogP contribution is 2.40. The number of sulfone groups is 1. The molecule has 2 aliphatic rings. The van der Waals surface area contributed by atoms with E-state index in [0.717, 1.165) is 11.3 Å². The van der Waals surface area contributed by atoms with Crippen LogP contribution < -0.4 is 10.6 Å². The number of aromatic amines is 1. The lowest BCUT2D eigenvalue weighted by molar-refractivity contribution is -0.110. The standard InChI is InChI=1S/C16H11F2NO.C13H21N3O3S/c1-2-9-14-10(5-3-8-13(14)19-16(9)20)15-11(17)6-4-7-12(15)18;1-10-9-15-11(2)12(10)13(17)14-3-4-16-5-7-20(18,19)8-6-16/h2-8H,1H3,(H,19,20);9,15H,3-8H2,1-2H3,(H,14,17)/b9-2-;. The van der Waals surface area contributed by atoms with Gasteiger partial charge in [0.15, 0.2) is 9.84 Å². The summed E-state index contributed by atoms with van der Waals surface area (Å²) in [5.74, 6) is -1.19. The number of carbonyl (C=O) groups excluding carboxylic acids is 2. The van der Waals surface area contributed by atoms with Crippen molar-refractivity contribution in [2.75, 3.05) is 43.0 Å². The Bertz CT molecular complexity index is 1530. The monoisotopic (exact) mass is 570 g/mol. The predicted molar refractivity (Wildman–Crippen MR) is 152 cm³/mol. The van der Waals surface area contributed by atoms with Crippen LogP contribution in [-0.2, 0) is 14.6 Å². The molecule has 11 heteroatoms. The molecule has 3 aromatic rings. The third-order valence-electron chi connectivity index (χ3n) is 7.00. The number of rotatable bonds is 5. The number of aryl methyl sites for hydroxylation is 2. The van der Waals surface area contributed by atoms with Crippen molar-refractivity contribution in [3.05, 3.63) is 82.7 Å². The number of fused-ring (bicyclic) bond motifs is 1. The lowest BCUT2D eigenvalue weighted by Gasteiger charge is -2.26. The van der Waals surface area contributed by atoms with Crippen molar-refractivity contribution in [2.45, 2.75) is 20.8 Å². The van der Waals surface area contributed by atoms with Crippen LogP contribution in [0, 0.1) is 25.5 Å². The van der Waals surface area contributed by atoms with Crippen LogP contribution >= 0.6 is 0 Å². The van der Waals surface area contributed by atoms with Gasteiger partial charge >= 0.3 is 0 Å². The van der Waals surface area contributed by atoms with Crippen LogP contribution in [0.5, 0.6) is 0 Å². The lowest BCUT2D eigenvalue weighted by atomic mass is 9.94. The van der Waals surface area contributed by atoms with Gasteiger partial charge in [-0.15, -0.1) is 0 Å². The van der Waals surface area contributed by atoms with Gasteiger partial charge < -0.3 is 15.6 Å². The highest BCUT2D eigenvalue weighted by Gasteiger charge is 2.28. The van der Waals surface area contributed by atoms with Crippen molar-refractivity contribution in [1.29, 1.82) is 0 Å². The van der Waals surface area contributed by atoms with E-state index in [-0.39, 0.29) is 28.9 Å². The second-order valence-electron chi connectivity index (χ2n) is 9.70. The van der Waals surface area contributed by atoms with Gasteiger partial charge in [0, 0.05) is 54.9 Å². The minimum absolute atomic E-state index is 0.0779. The first-order valence-corrected chi connectivity index (χ1v) is 14.8. The first kappa shape index (κ1) is 29.2. The van der Waals surface area contributed by atoms with E-state index < -0.39 is 21.5 Å². The molecule has 0 spiro atoms. The molecule has 1 saturated heterocycles. The SMILES string of the molecule is C/C=C1\C(=O)Nc2cccc(-c3c(F)cccc3F)c21.Cc1c[nH]c(C)c1C(=O)NCCN1CCS(=O)(=O)CC1. The summed E-state index contributed by atoms with van der Waals surface area (Å²) < 4.78 is 50.6. The summed E-state index contributed by atoms with van der Waals surface area (Å²) in [7, 11) is -2.84. The van der Waals surface area contributed by atoms with Crippen LogP contribution in [0.4, 0.5) is 14.5 Å². The maximum atomic E-state index is 14.0. The zero-order chi connectivity index (χ0) is 29.0. The molecule has 0 bridgehead atoms. The van der Waals surface area contributed by atoms with Gasteiger partial charge in [-0.05, 0) is 50.1 Å². The number of allylic oxidation sites excluding steroid dienone is 1. The van der Waals surface area contributed by atoms with Crippen LogP contribution in [0.2, 0.25) is 0 Å². The van der Waals surface area contributed by atoms with E-state index in [1.807, 2.05) is 20.0 Å². The van der Waals surface area contributed by atoms with E-state index in [0.29, 0.717) is 54.1 Å². The van der Waals surface area contributed by atoms with Gasteiger partial charge in [-0.2, -0.15) is 0 Å². The Hall–Kier alpha value is -3.83. The van der Waals surface area contributed by atoms with Crippen molar-refractivity contribution in [2.24, 2.45) is 0 Å². The van der Waals surface area contributed by atoms with Crippen molar-refractivity contribution in [3.63, 3.8) is 0 Å². The van der Waals surface area contributed by atoms with Gasteiger partial charge in [-0.25, -0.2) is 17.2 Å². The third kappa shape index (κ3) is 6.31. The maximum absolute atomic E-state index is 14.0. The normalized spacial score (nSPS) is 17.1. The van der Waals surface area contributed by atoms with Gasteiger partial charge in [-0.1, -0.05) is 24.3 Å². The van der Waals surface area contributed by atoms with Crippen molar-refractivity contribution in [3.8, 4) is 11.1 Å². The molecular formula is C29H32F2N4O4S. The molecule has 212 valence electrons. The first-order valence-electron chi connectivity index (χ1n) is 12.9. The number of nitrogens with one attached hydrogen (secondary N) is 3. The lowest BCUT2D eigenvalue weighted by Crippen LogP contribution is -2.43. The molecule has 40 heavy (non-hydrogen) atoms. The Morgan fingerprint density at radius 1 is 1.05 bits per heavy atom. The van der Waals surface area contributed by atoms with E-state index in [4.69, 9.17) is 0 Å². The molecule has 8 nitrogen and oxygen atoms in total. The van der Waals surface area contributed by atoms with E-state index in [9.17, 15) is 26.8 Å². The van der Waals surface area contributed by atoms with Crippen molar-refractivity contribution < 1.29 is 26.8 Å². The topological polar surface area (TPSA) is 111 Å². The van der Waals surface area contributed by atoms with E-state index in [1.165, 1.54) is 18.2 Å². The first-order chi connectivity index (χ1) is 19.0. The average molecular weight is 571 g/mol. The molecule has 5 rings (SSSR count). The van der Waals surface area contributed by atoms with Crippen molar-refractivity contribution in [1.82, 2.24) is 15.2 Å². The molecule has 0 radical (unpaired) electrons. The van der Waals surface area contributed by atoms with Crippen LogP contribution in [0.1, 0.15) is 34.1 Å². The Morgan fingerprint density at radius 3 is 2.30 bits per heavy atom.